The smallest absolute Gasteiger partial charge is 0.207 e. The van der Waals surface area contributed by atoms with Gasteiger partial charge in [0, 0.05) is 13.4 Å². The van der Waals surface area contributed by atoms with E-state index >= 15 is 0 Å². The van der Waals surface area contributed by atoms with Crippen LogP contribution in [0.4, 0.5) is 0 Å². The Kier molecular flexibility index (Phi) is 3.86. The summed E-state index contributed by atoms with van der Waals surface area (Å²) in [7, 11) is -2.37. The van der Waals surface area contributed by atoms with Gasteiger partial charge in [-0.25, -0.2) is 8.42 Å². The number of Topliss-reactive ketones (excluding diaryl/α,β-unsaturated/α-hetero) is 1. The molecule has 12 heavy (non-hydrogen) atoms. The van der Waals surface area contributed by atoms with Gasteiger partial charge in [-0.1, -0.05) is 0 Å². The zero-order valence-electron chi connectivity index (χ0n) is 6.77. The molecule has 1 unspecified atom stereocenters. The molecule has 0 aliphatic carbocycles. The van der Waals surface area contributed by atoms with Crippen molar-refractivity contribution in [1.29, 1.82) is 5.26 Å². The van der Waals surface area contributed by atoms with E-state index in [2.05, 4.69) is 4.74 Å². The van der Waals surface area contributed by atoms with Crippen LogP contribution in [0.15, 0.2) is 0 Å². The Morgan fingerprint density at radius 1 is 1.67 bits per heavy atom. The van der Waals surface area contributed by atoms with Crippen LogP contribution < -0.4 is 0 Å². The van der Waals surface area contributed by atoms with Gasteiger partial charge in [0.05, 0.1) is 6.07 Å². The van der Waals surface area contributed by atoms with Crippen LogP contribution in [0.3, 0.4) is 0 Å². The SMILES string of the molecule is COCC(=O)C(C#N)S(C)(=O)=O. The van der Waals surface area contributed by atoms with Crippen molar-refractivity contribution in [2.24, 2.45) is 0 Å². The number of ketones is 1. The highest BCUT2D eigenvalue weighted by Gasteiger charge is 2.27. The first-order valence-electron chi connectivity index (χ1n) is 3.03. The van der Waals surface area contributed by atoms with Gasteiger partial charge in [0.1, 0.15) is 6.61 Å². The van der Waals surface area contributed by atoms with E-state index < -0.39 is 20.9 Å². The normalized spacial score (nSPS) is 13.4. The molecule has 0 N–H and O–H groups in total. The molecule has 0 aliphatic heterocycles. The zero-order valence-corrected chi connectivity index (χ0v) is 7.59. The number of sulfone groups is 1. The predicted molar refractivity (Wildman–Crippen MR) is 41.1 cm³/mol. The molecule has 0 amide bonds. The molecule has 0 spiro atoms. The fourth-order valence-corrected chi connectivity index (χ4v) is 1.36. The summed E-state index contributed by atoms with van der Waals surface area (Å²) in [5.74, 6) is -0.734. The van der Waals surface area contributed by atoms with Crippen LogP contribution in [-0.4, -0.2) is 39.4 Å². The Morgan fingerprint density at radius 2 is 2.17 bits per heavy atom. The lowest BCUT2D eigenvalue weighted by Gasteiger charge is -2.03. The quantitative estimate of drug-likeness (QED) is 0.577. The fraction of sp³-hybridized carbons (Fsp3) is 0.667. The van der Waals surface area contributed by atoms with Gasteiger partial charge < -0.3 is 4.74 Å². The maximum Gasteiger partial charge on any atom is 0.207 e. The Morgan fingerprint density at radius 3 is 2.42 bits per heavy atom. The lowest BCUT2D eigenvalue weighted by molar-refractivity contribution is -0.121. The number of rotatable bonds is 4. The number of nitriles is 1. The topological polar surface area (TPSA) is 84.2 Å². The van der Waals surface area contributed by atoms with E-state index in [1.165, 1.54) is 13.2 Å². The van der Waals surface area contributed by atoms with E-state index in [-0.39, 0.29) is 6.61 Å². The van der Waals surface area contributed by atoms with Crippen molar-refractivity contribution in [3.8, 4) is 6.07 Å². The highest BCUT2D eigenvalue weighted by molar-refractivity contribution is 7.92. The Balaban J connectivity index is 4.62. The Hall–Kier alpha value is -0.930. The van der Waals surface area contributed by atoms with Crippen molar-refractivity contribution in [2.75, 3.05) is 20.0 Å². The summed E-state index contributed by atoms with van der Waals surface area (Å²) in [5, 5.41) is 6.75. The average Bonchev–Trinajstić information content (AvgIpc) is 1.85. The highest BCUT2D eigenvalue weighted by Crippen LogP contribution is 1.99. The fourth-order valence-electron chi connectivity index (χ4n) is 0.624. The van der Waals surface area contributed by atoms with Crippen molar-refractivity contribution in [1.82, 2.24) is 0 Å². The molecule has 0 radical (unpaired) electrons. The molecule has 0 aromatic heterocycles. The standard InChI is InChI=1S/C6H9NO4S/c1-11-4-5(8)6(3-7)12(2,9)10/h6H,4H2,1-2H3. The summed E-state index contributed by atoms with van der Waals surface area (Å²) in [6.45, 7) is -0.356. The molecular formula is C6H9NO4S. The maximum atomic E-state index is 10.9. The molecule has 0 aromatic carbocycles. The molecule has 6 heteroatoms. The van der Waals surface area contributed by atoms with Gasteiger partial charge in [-0.05, 0) is 0 Å². The first-order chi connectivity index (χ1) is 5.43. The molecule has 0 saturated carbocycles. The molecule has 0 heterocycles. The van der Waals surface area contributed by atoms with Crippen LogP contribution in [0.2, 0.25) is 0 Å². The van der Waals surface area contributed by atoms with Gasteiger partial charge in [0.2, 0.25) is 5.25 Å². The Labute approximate surface area is 70.9 Å². The van der Waals surface area contributed by atoms with E-state index in [0.29, 0.717) is 0 Å². The van der Waals surface area contributed by atoms with Crippen molar-refractivity contribution in [2.45, 2.75) is 5.25 Å². The van der Waals surface area contributed by atoms with Crippen LogP contribution in [0.1, 0.15) is 0 Å². The lowest BCUT2D eigenvalue weighted by Crippen LogP contribution is -2.30. The molecule has 0 fully saturated rings. The van der Waals surface area contributed by atoms with Gasteiger partial charge in [-0.3, -0.25) is 4.79 Å². The number of hydrogen-bond donors (Lipinski definition) is 0. The summed E-state index contributed by atoms with van der Waals surface area (Å²) in [5.41, 5.74) is 0. The number of hydrogen-bond acceptors (Lipinski definition) is 5. The maximum absolute atomic E-state index is 10.9. The number of ether oxygens (including phenoxy) is 1. The van der Waals surface area contributed by atoms with E-state index in [0.717, 1.165) is 6.26 Å². The van der Waals surface area contributed by atoms with Crippen LogP contribution in [0, 0.1) is 11.3 Å². The molecule has 0 aromatic rings. The third-order valence-corrected chi connectivity index (χ3v) is 2.35. The predicted octanol–water partition coefficient (Wildman–Crippen LogP) is -0.861. The minimum Gasteiger partial charge on any atom is -0.377 e. The minimum atomic E-state index is -3.63. The second-order valence-electron chi connectivity index (χ2n) is 2.24. The molecule has 1 atom stereocenters. The summed E-state index contributed by atoms with van der Waals surface area (Å²) < 4.78 is 26.0. The van der Waals surface area contributed by atoms with Gasteiger partial charge in [-0.15, -0.1) is 0 Å². The largest absolute Gasteiger partial charge is 0.377 e. The summed E-state index contributed by atoms with van der Waals surface area (Å²) >= 11 is 0. The van der Waals surface area contributed by atoms with E-state index in [4.69, 9.17) is 5.26 Å². The average molecular weight is 191 g/mol. The molecule has 0 aliphatic rings. The van der Waals surface area contributed by atoms with Crippen molar-refractivity contribution in [3.05, 3.63) is 0 Å². The first-order valence-corrected chi connectivity index (χ1v) is 4.99. The second-order valence-corrected chi connectivity index (χ2v) is 4.37. The zero-order chi connectivity index (χ0) is 9.78. The number of carbonyl (C=O) groups is 1. The monoisotopic (exact) mass is 191 g/mol. The highest BCUT2D eigenvalue weighted by atomic mass is 32.2. The summed E-state index contributed by atoms with van der Waals surface area (Å²) in [4.78, 5) is 10.9. The number of methoxy groups -OCH3 is 1. The van der Waals surface area contributed by atoms with E-state index in [1.54, 1.807) is 0 Å². The number of carbonyl (C=O) groups excluding carboxylic acids is 1. The van der Waals surface area contributed by atoms with Crippen LogP contribution >= 0.6 is 0 Å². The molecule has 0 bridgehead atoms. The molecule has 5 nitrogen and oxygen atoms in total. The molecule has 0 saturated heterocycles. The van der Waals surface area contributed by atoms with Crippen LogP contribution in [-0.2, 0) is 19.4 Å². The van der Waals surface area contributed by atoms with Crippen LogP contribution in [0.5, 0.6) is 0 Å². The third-order valence-electron chi connectivity index (χ3n) is 1.12. The molecular weight excluding hydrogens is 182 g/mol. The van der Waals surface area contributed by atoms with Crippen molar-refractivity contribution < 1.29 is 17.9 Å². The summed E-state index contributed by atoms with van der Waals surface area (Å²) in [6.07, 6.45) is 0.842. The van der Waals surface area contributed by atoms with E-state index in [1.807, 2.05) is 0 Å². The van der Waals surface area contributed by atoms with Crippen molar-refractivity contribution >= 4 is 15.6 Å². The Bertz CT molecular complexity index is 300. The molecule has 68 valence electrons. The minimum absolute atomic E-state index is 0.356. The van der Waals surface area contributed by atoms with Crippen LogP contribution in [0.25, 0.3) is 0 Å². The summed E-state index contributed by atoms with van der Waals surface area (Å²) in [6, 6.07) is 1.41. The first kappa shape index (κ1) is 11.1. The lowest BCUT2D eigenvalue weighted by atomic mass is 10.3. The van der Waals surface area contributed by atoms with Crippen molar-refractivity contribution in [3.63, 3.8) is 0 Å². The van der Waals surface area contributed by atoms with E-state index in [9.17, 15) is 13.2 Å². The van der Waals surface area contributed by atoms with Gasteiger partial charge >= 0.3 is 0 Å². The number of nitrogens with zero attached hydrogens (tertiary/aromatic N) is 1. The van der Waals surface area contributed by atoms with Gasteiger partial charge in [-0.2, -0.15) is 5.26 Å². The van der Waals surface area contributed by atoms with Gasteiger partial charge in [0.25, 0.3) is 0 Å². The third kappa shape index (κ3) is 2.98. The molecule has 0 rings (SSSR count). The van der Waals surface area contributed by atoms with Gasteiger partial charge in [0.15, 0.2) is 15.6 Å². The second kappa shape index (κ2) is 4.18.